The van der Waals surface area contributed by atoms with E-state index in [1.54, 1.807) is 0 Å². The van der Waals surface area contributed by atoms with Crippen LogP contribution < -0.4 is 5.01 Å². The van der Waals surface area contributed by atoms with Gasteiger partial charge in [-0.05, 0) is 12.1 Å². The van der Waals surface area contributed by atoms with Crippen molar-refractivity contribution in [3.63, 3.8) is 0 Å². The highest BCUT2D eigenvalue weighted by Crippen LogP contribution is 2.25. The molecule has 3 rings (SSSR count). The molecule has 1 aromatic heterocycles. The average molecular weight is 286 g/mol. The number of hydrogen-bond acceptors (Lipinski definition) is 3. The Balaban J connectivity index is 2.17. The van der Waals surface area contributed by atoms with Gasteiger partial charge in [0.25, 0.3) is 0 Å². The van der Waals surface area contributed by atoms with E-state index in [-0.39, 0.29) is 0 Å². The minimum atomic E-state index is 0.363. The van der Waals surface area contributed by atoms with Crippen LogP contribution in [0.5, 0.6) is 0 Å². The van der Waals surface area contributed by atoms with Gasteiger partial charge in [-0.15, -0.1) is 11.6 Å². The predicted octanol–water partition coefficient (Wildman–Crippen LogP) is 2.40. The van der Waals surface area contributed by atoms with Gasteiger partial charge in [-0.25, -0.2) is 9.66 Å². The smallest absolute Gasteiger partial charge is 0.143 e. The third-order valence-corrected chi connectivity index (χ3v) is 3.61. The van der Waals surface area contributed by atoms with Crippen molar-refractivity contribution in [3.8, 4) is 0 Å². The fraction of sp³-hybridized carbons (Fsp3) is 0.417. The van der Waals surface area contributed by atoms with Gasteiger partial charge >= 0.3 is 0 Å². The lowest BCUT2D eigenvalue weighted by Gasteiger charge is -2.31. The molecule has 2 aromatic rings. The van der Waals surface area contributed by atoms with Crippen molar-refractivity contribution >= 4 is 34.2 Å². The zero-order valence-corrected chi connectivity index (χ0v) is 11.3. The van der Waals surface area contributed by atoms with E-state index in [2.05, 4.69) is 9.99 Å². The first-order valence-corrected chi connectivity index (χ1v) is 6.77. The number of para-hydroxylation sites is 1. The number of benzene rings is 1. The highest BCUT2D eigenvalue weighted by atomic mass is 35.5. The number of nitrogens with zero attached hydrogens (tertiary/aromatic N) is 3. The number of imidazole rings is 1. The SMILES string of the molecule is ClCc1nc2cccc(Cl)c2n1N1CCOCC1. The van der Waals surface area contributed by atoms with Crippen LogP contribution in [0.1, 0.15) is 5.82 Å². The van der Waals surface area contributed by atoms with Gasteiger partial charge in [-0.3, -0.25) is 0 Å². The standard InChI is InChI=1S/C12H13Cl2N3O/c13-8-11-15-10-3-1-2-9(14)12(10)17(11)16-4-6-18-7-5-16/h1-3H,4-8H2. The van der Waals surface area contributed by atoms with Crippen molar-refractivity contribution in [1.82, 2.24) is 9.66 Å². The molecule has 2 heterocycles. The molecule has 0 saturated carbocycles. The summed E-state index contributed by atoms with van der Waals surface area (Å²) >= 11 is 12.3. The molecule has 0 unspecified atom stereocenters. The van der Waals surface area contributed by atoms with E-state index in [4.69, 9.17) is 27.9 Å². The van der Waals surface area contributed by atoms with Gasteiger partial charge < -0.3 is 9.75 Å². The summed E-state index contributed by atoms with van der Waals surface area (Å²) in [5.41, 5.74) is 1.81. The van der Waals surface area contributed by atoms with E-state index < -0.39 is 0 Å². The summed E-state index contributed by atoms with van der Waals surface area (Å²) in [7, 11) is 0. The quantitative estimate of drug-likeness (QED) is 0.794. The maximum atomic E-state index is 6.29. The van der Waals surface area contributed by atoms with Gasteiger partial charge in [0.05, 0.1) is 42.7 Å². The molecule has 0 radical (unpaired) electrons. The summed E-state index contributed by atoms with van der Waals surface area (Å²) in [4.78, 5) is 4.53. The Morgan fingerprint density at radius 1 is 1.28 bits per heavy atom. The third kappa shape index (κ3) is 1.94. The summed E-state index contributed by atoms with van der Waals surface area (Å²) in [6.45, 7) is 3.07. The summed E-state index contributed by atoms with van der Waals surface area (Å²) < 4.78 is 7.41. The molecular formula is C12H13Cl2N3O. The maximum absolute atomic E-state index is 6.29. The monoisotopic (exact) mass is 285 g/mol. The number of fused-ring (bicyclic) bond motifs is 1. The highest BCUT2D eigenvalue weighted by molar-refractivity contribution is 6.35. The zero-order chi connectivity index (χ0) is 12.5. The minimum absolute atomic E-state index is 0.363. The van der Waals surface area contributed by atoms with E-state index >= 15 is 0 Å². The molecule has 4 nitrogen and oxygen atoms in total. The Morgan fingerprint density at radius 2 is 2.06 bits per heavy atom. The molecule has 1 saturated heterocycles. The van der Waals surface area contributed by atoms with Crippen molar-refractivity contribution in [3.05, 3.63) is 29.0 Å². The van der Waals surface area contributed by atoms with Gasteiger partial charge in [0.2, 0.25) is 0 Å². The summed E-state index contributed by atoms with van der Waals surface area (Å²) in [6, 6.07) is 5.73. The second-order valence-corrected chi connectivity index (χ2v) is 4.82. The molecule has 96 valence electrons. The predicted molar refractivity (Wildman–Crippen MR) is 73.1 cm³/mol. The van der Waals surface area contributed by atoms with Crippen molar-refractivity contribution < 1.29 is 4.74 Å². The van der Waals surface area contributed by atoms with E-state index in [9.17, 15) is 0 Å². The molecule has 1 aliphatic heterocycles. The number of aromatic nitrogens is 2. The lowest BCUT2D eigenvalue weighted by Crippen LogP contribution is -2.44. The molecule has 6 heteroatoms. The van der Waals surface area contributed by atoms with Crippen LogP contribution in [0.3, 0.4) is 0 Å². The van der Waals surface area contributed by atoms with Crippen LogP contribution in [0.2, 0.25) is 5.02 Å². The van der Waals surface area contributed by atoms with E-state index in [0.29, 0.717) is 24.1 Å². The third-order valence-electron chi connectivity index (χ3n) is 3.06. The molecule has 18 heavy (non-hydrogen) atoms. The van der Waals surface area contributed by atoms with Crippen LogP contribution in [0.15, 0.2) is 18.2 Å². The van der Waals surface area contributed by atoms with E-state index in [1.807, 2.05) is 22.9 Å². The molecule has 1 aliphatic rings. The van der Waals surface area contributed by atoms with Crippen LogP contribution in [0.4, 0.5) is 0 Å². The number of ether oxygens (including phenoxy) is 1. The number of hydrogen-bond donors (Lipinski definition) is 0. The Morgan fingerprint density at radius 3 is 2.78 bits per heavy atom. The van der Waals surface area contributed by atoms with Crippen LogP contribution in [-0.4, -0.2) is 36.0 Å². The number of rotatable bonds is 2. The molecule has 1 aromatic carbocycles. The fourth-order valence-corrected chi connectivity index (χ4v) is 2.69. The summed E-state index contributed by atoms with van der Waals surface area (Å²) in [5, 5.41) is 2.88. The first-order chi connectivity index (χ1) is 8.81. The van der Waals surface area contributed by atoms with Gasteiger partial charge in [0.1, 0.15) is 11.3 Å². The Hall–Kier alpha value is -0.970. The van der Waals surface area contributed by atoms with Gasteiger partial charge in [-0.1, -0.05) is 17.7 Å². The summed E-state index contributed by atoms with van der Waals surface area (Å²) in [5.74, 6) is 1.18. The molecule has 0 N–H and O–H groups in total. The lowest BCUT2D eigenvalue weighted by atomic mass is 10.3. The van der Waals surface area contributed by atoms with Crippen molar-refractivity contribution in [2.75, 3.05) is 31.3 Å². The van der Waals surface area contributed by atoms with Crippen molar-refractivity contribution in [2.24, 2.45) is 0 Å². The second kappa shape index (κ2) is 4.96. The van der Waals surface area contributed by atoms with Gasteiger partial charge in [-0.2, -0.15) is 0 Å². The Bertz CT molecular complexity index is 564. The van der Waals surface area contributed by atoms with Crippen LogP contribution in [0.25, 0.3) is 11.0 Å². The largest absolute Gasteiger partial charge is 0.378 e. The number of halogens is 2. The van der Waals surface area contributed by atoms with Gasteiger partial charge in [0.15, 0.2) is 0 Å². The normalized spacial score (nSPS) is 16.4. The second-order valence-electron chi connectivity index (χ2n) is 4.15. The Kier molecular flexibility index (Phi) is 3.33. The first kappa shape index (κ1) is 12.1. The Labute approximate surface area is 115 Å². The molecule has 0 bridgehead atoms. The molecule has 0 spiro atoms. The average Bonchev–Trinajstić information content (AvgIpc) is 2.79. The van der Waals surface area contributed by atoms with Gasteiger partial charge in [0, 0.05) is 0 Å². The molecule has 0 aliphatic carbocycles. The molecule has 0 atom stereocenters. The summed E-state index contributed by atoms with van der Waals surface area (Å²) in [6.07, 6.45) is 0. The van der Waals surface area contributed by atoms with E-state index in [0.717, 1.165) is 29.9 Å². The number of alkyl halides is 1. The van der Waals surface area contributed by atoms with Crippen LogP contribution in [0, 0.1) is 0 Å². The highest BCUT2D eigenvalue weighted by Gasteiger charge is 2.19. The first-order valence-electron chi connectivity index (χ1n) is 5.86. The fourth-order valence-electron chi connectivity index (χ4n) is 2.26. The molecule has 1 fully saturated rings. The minimum Gasteiger partial charge on any atom is -0.378 e. The van der Waals surface area contributed by atoms with Crippen molar-refractivity contribution in [2.45, 2.75) is 5.88 Å². The van der Waals surface area contributed by atoms with Crippen LogP contribution >= 0.6 is 23.2 Å². The number of morpholine rings is 1. The maximum Gasteiger partial charge on any atom is 0.143 e. The van der Waals surface area contributed by atoms with Crippen molar-refractivity contribution in [1.29, 1.82) is 0 Å². The lowest BCUT2D eigenvalue weighted by molar-refractivity contribution is 0.111. The molecular weight excluding hydrogens is 273 g/mol. The zero-order valence-electron chi connectivity index (χ0n) is 9.77. The molecule has 0 amide bonds. The van der Waals surface area contributed by atoms with Crippen LogP contribution in [-0.2, 0) is 10.6 Å². The topological polar surface area (TPSA) is 30.3 Å². The van der Waals surface area contributed by atoms with E-state index in [1.165, 1.54) is 0 Å².